The summed E-state index contributed by atoms with van der Waals surface area (Å²) >= 11 is 0. The second-order valence-electron chi connectivity index (χ2n) is 6.73. The summed E-state index contributed by atoms with van der Waals surface area (Å²) in [5, 5.41) is 7.31. The molecule has 0 bridgehead atoms. The van der Waals surface area contributed by atoms with Crippen LogP contribution in [0.4, 0.5) is 0 Å². The fourth-order valence-corrected chi connectivity index (χ4v) is 3.37. The van der Waals surface area contributed by atoms with Crippen molar-refractivity contribution in [1.29, 1.82) is 0 Å². The average Bonchev–Trinajstić information content (AvgIpc) is 3.38. The van der Waals surface area contributed by atoms with E-state index in [2.05, 4.69) is 10.4 Å². The zero-order valence-electron chi connectivity index (χ0n) is 15.9. The second-order valence-corrected chi connectivity index (χ2v) is 6.73. The van der Waals surface area contributed by atoms with E-state index in [1.54, 1.807) is 24.5 Å². The molecule has 0 saturated heterocycles. The molecule has 0 radical (unpaired) electrons. The number of hydrogen-bond donors (Lipinski definition) is 1. The number of nitrogens with one attached hydrogen (secondary N) is 1. The SMILES string of the molecule is CCc1nn(CCCC(=O)NCc2ccco2)c(=O)c2cc3oc(C)cc3n12. The van der Waals surface area contributed by atoms with Gasteiger partial charge < -0.3 is 14.2 Å². The lowest BCUT2D eigenvalue weighted by molar-refractivity contribution is -0.121. The minimum atomic E-state index is -0.183. The zero-order valence-corrected chi connectivity index (χ0v) is 15.9. The molecule has 28 heavy (non-hydrogen) atoms. The molecule has 146 valence electrons. The summed E-state index contributed by atoms with van der Waals surface area (Å²) in [5.74, 6) is 2.20. The molecular formula is C20H22N4O4. The number of aromatic nitrogens is 3. The Kier molecular flexibility index (Phi) is 4.77. The normalized spacial score (nSPS) is 11.5. The summed E-state index contributed by atoms with van der Waals surface area (Å²) in [7, 11) is 0. The topological polar surface area (TPSA) is 94.7 Å². The highest BCUT2D eigenvalue weighted by Gasteiger charge is 2.16. The Hall–Kier alpha value is -3.29. The van der Waals surface area contributed by atoms with Crippen molar-refractivity contribution < 1.29 is 13.6 Å². The monoisotopic (exact) mass is 382 g/mol. The molecule has 0 aromatic carbocycles. The smallest absolute Gasteiger partial charge is 0.291 e. The lowest BCUT2D eigenvalue weighted by atomic mass is 10.3. The fraction of sp³-hybridized carbons (Fsp3) is 0.350. The second kappa shape index (κ2) is 7.38. The van der Waals surface area contributed by atoms with Crippen molar-refractivity contribution in [1.82, 2.24) is 19.5 Å². The quantitative estimate of drug-likeness (QED) is 0.530. The summed E-state index contributed by atoms with van der Waals surface area (Å²) in [5.41, 5.74) is 1.90. The first-order chi connectivity index (χ1) is 13.6. The minimum Gasteiger partial charge on any atom is -0.467 e. The lowest BCUT2D eigenvalue weighted by Gasteiger charge is -2.09. The van der Waals surface area contributed by atoms with Crippen LogP contribution >= 0.6 is 0 Å². The third-order valence-electron chi connectivity index (χ3n) is 4.69. The molecule has 8 heteroatoms. The van der Waals surface area contributed by atoms with Crippen LogP contribution in [-0.2, 0) is 24.3 Å². The van der Waals surface area contributed by atoms with Gasteiger partial charge in [-0.05, 0) is 25.5 Å². The van der Waals surface area contributed by atoms with Crippen molar-refractivity contribution in [2.24, 2.45) is 0 Å². The summed E-state index contributed by atoms with van der Waals surface area (Å²) in [6, 6.07) is 7.26. The highest BCUT2D eigenvalue weighted by molar-refractivity contribution is 5.83. The van der Waals surface area contributed by atoms with Crippen LogP contribution in [0.3, 0.4) is 0 Å². The van der Waals surface area contributed by atoms with Gasteiger partial charge in [0.15, 0.2) is 5.58 Å². The van der Waals surface area contributed by atoms with Crippen LogP contribution in [-0.4, -0.2) is 20.1 Å². The summed E-state index contributed by atoms with van der Waals surface area (Å²) in [4.78, 5) is 24.8. The van der Waals surface area contributed by atoms with E-state index in [1.807, 2.05) is 24.3 Å². The first-order valence-corrected chi connectivity index (χ1v) is 9.37. The van der Waals surface area contributed by atoms with E-state index >= 15 is 0 Å². The molecule has 4 aromatic heterocycles. The van der Waals surface area contributed by atoms with Gasteiger partial charge >= 0.3 is 0 Å². The molecule has 1 N–H and O–H groups in total. The molecule has 4 aromatic rings. The van der Waals surface area contributed by atoms with Gasteiger partial charge in [0.2, 0.25) is 5.91 Å². The number of carbonyl (C=O) groups excluding carboxylic acids is 1. The van der Waals surface area contributed by atoms with E-state index < -0.39 is 0 Å². The Bertz CT molecular complexity index is 1180. The molecule has 8 nitrogen and oxygen atoms in total. The number of fused-ring (bicyclic) bond motifs is 3. The molecule has 0 aliphatic rings. The lowest BCUT2D eigenvalue weighted by Crippen LogP contribution is -2.28. The number of carbonyl (C=O) groups is 1. The predicted octanol–water partition coefficient (Wildman–Crippen LogP) is 2.80. The number of aryl methyl sites for hydroxylation is 3. The first kappa shape index (κ1) is 18.1. The molecule has 0 aliphatic carbocycles. The Labute approximate surface area is 160 Å². The van der Waals surface area contributed by atoms with Crippen molar-refractivity contribution in [2.75, 3.05) is 0 Å². The van der Waals surface area contributed by atoms with Gasteiger partial charge in [-0.15, -0.1) is 0 Å². The fourth-order valence-electron chi connectivity index (χ4n) is 3.37. The van der Waals surface area contributed by atoms with E-state index in [4.69, 9.17) is 8.83 Å². The molecule has 0 aliphatic heterocycles. The van der Waals surface area contributed by atoms with Crippen molar-refractivity contribution in [2.45, 2.75) is 46.2 Å². The van der Waals surface area contributed by atoms with Gasteiger partial charge in [0.1, 0.15) is 22.9 Å². The highest BCUT2D eigenvalue weighted by atomic mass is 16.3. The maximum absolute atomic E-state index is 12.8. The minimum absolute atomic E-state index is 0.0862. The van der Waals surface area contributed by atoms with Crippen molar-refractivity contribution in [3.05, 3.63) is 58.2 Å². The molecule has 4 rings (SSSR count). The van der Waals surface area contributed by atoms with E-state index in [1.165, 1.54) is 4.68 Å². The van der Waals surface area contributed by atoms with Gasteiger partial charge in [-0.25, -0.2) is 4.68 Å². The van der Waals surface area contributed by atoms with E-state index in [0.717, 1.165) is 17.1 Å². The third-order valence-corrected chi connectivity index (χ3v) is 4.69. The van der Waals surface area contributed by atoms with E-state index in [9.17, 15) is 9.59 Å². The van der Waals surface area contributed by atoms with Gasteiger partial charge in [0.25, 0.3) is 5.56 Å². The predicted molar refractivity (Wildman–Crippen MR) is 103 cm³/mol. The van der Waals surface area contributed by atoms with Crippen molar-refractivity contribution in [3.63, 3.8) is 0 Å². The number of nitrogens with zero attached hydrogens (tertiary/aromatic N) is 3. The average molecular weight is 382 g/mol. The third kappa shape index (κ3) is 3.33. The summed E-state index contributed by atoms with van der Waals surface area (Å²) in [6.45, 7) is 4.61. The zero-order chi connectivity index (χ0) is 19.7. The number of rotatable bonds is 7. The molecule has 0 spiro atoms. The molecule has 0 saturated carbocycles. The van der Waals surface area contributed by atoms with Crippen LogP contribution in [0.5, 0.6) is 0 Å². The molecule has 1 amide bonds. The largest absolute Gasteiger partial charge is 0.467 e. The van der Waals surface area contributed by atoms with Crippen LogP contribution in [0.25, 0.3) is 16.6 Å². The van der Waals surface area contributed by atoms with Crippen LogP contribution < -0.4 is 10.9 Å². The Morgan fingerprint density at radius 3 is 2.89 bits per heavy atom. The van der Waals surface area contributed by atoms with Crippen LogP contribution in [0, 0.1) is 6.92 Å². The molecule has 0 atom stereocenters. The summed E-state index contributed by atoms with van der Waals surface area (Å²) in [6.07, 6.45) is 3.07. The van der Waals surface area contributed by atoms with Gasteiger partial charge in [-0.3, -0.25) is 14.0 Å². The maximum Gasteiger partial charge on any atom is 0.291 e. The Morgan fingerprint density at radius 2 is 2.14 bits per heavy atom. The molecule has 4 heterocycles. The van der Waals surface area contributed by atoms with E-state index in [0.29, 0.717) is 49.2 Å². The van der Waals surface area contributed by atoms with Gasteiger partial charge in [0, 0.05) is 31.5 Å². The molecule has 0 fully saturated rings. The molecular weight excluding hydrogens is 360 g/mol. The van der Waals surface area contributed by atoms with Crippen molar-refractivity contribution in [3.8, 4) is 0 Å². The van der Waals surface area contributed by atoms with E-state index in [-0.39, 0.29) is 11.5 Å². The number of hydrogen-bond acceptors (Lipinski definition) is 5. The number of amides is 1. The molecule has 0 unspecified atom stereocenters. The summed E-state index contributed by atoms with van der Waals surface area (Å²) < 4.78 is 14.2. The standard InChI is InChI=1S/C20H22N4O4/c1-3-18-22-23(8-4-7-19(25)21-12-14-6-5-9-27-14)20(26)16-11-17-15(24(16)18)10-13(2)28-17/h5-6,9-11H,3-4,7-8,12H2,1-2H3,(H,21,25). The Morgan fingerprint density at radius 1 is 1.29 bits per heavy atom. The number of furan rings is 2. The Balaban J connectivity index is 1.48. The maximum atomic E-state index is 12.8. The highest BCUT2D eigenvalue weighted by Crippen LogP contribution is 2.23. The van der Waals surface area contributed by atoms with Gasteiger partial charge in [0.05, 0.1) is 18.3 Å². The van der Waals surface area contributed by atoms with Crippen LogP contribution in [0.1, 0.15) is 37.1 Å². The van der Waals surface area contributed by atoms with Crippen LogP contribution in [0.2, 0.25) is 0 Å². The first-order valence-electron chi connectivity index (χ1n) is 9.37. The van der Waals surface area contributed by atoms with Gasteiger partial charge in [-0.2, -0.15) is 5.10 Å². The van der Waals surface area contributed by atoms with Crippen LogP contribution in [0.15, 0.2) is 44.2 Å². The van der Waals surface area contributed by atoms with Gasteiger partial charge in [-0.1, -0.05) is 6.92 Å². The van der Waals surface area contributed by atoms with Crippen molar-refractivity contribution >= 4 is 22.5 Å².